The minimum Gasteiger partial charge on any atom is -0.397 e. The number of nitrogens with one attached hydrogen (secondary N) is 2. The Morgan fingerprint density at radius 3 is 2.78 bits per heavy atom. The summed E-state index contributed by atoms with van der Waals surface area (Å²) < 4.78 is 0. The van der Waals surface area contributed by atoms with Crippen molar-refractivity contribution in [2.24, 2.45) is 11.3 Å². The molecule has 1 aromatic heterocycles. The van der Waals surface area contributed by atoms with Crippen molar-refractivity contribution < 1.29 is 0 Å². The molecule has 0 atom stereocenters. The molecule has 4 heteroatoms. The first-order chi connectivity index (χ1) is 8.40. The van der Waals surface area contributed by atoms with E-state index in [0.717, 1.165) is 28.8 Å². The van der Waals surface area contributed by atoms with Crippen LogP contribution in [0.2, 0.25) is 0 Å². The Bertz CT molecular complexity index is 540. The molecule has 4 N–H and O–H groups in total. The molecule has 98 valence electrons. The van der Waals surface area contributed by atoms with Gasteiger partial charge < -0.3 is 11.1 Å². The zero-order chi connectivity index (χ0) is 13.3. The molecule has 18 heavy (non-hydrogen) atoms. The Labute approximate surface area is 108 Å². The molecule has 0 unspecified atom stereocenters. The number of nitrogen functional groups attached to an aromatic ring is 1. The number of H-pyrrole nitrogens is 1. The van der Waals surface area contributed by atoms with Gasteiger partial charge in [0.2, 0.25) is 0 Å². The predicted octanol–water partition coefficient (Wildman–Crippen LogP) is 3.24. The van der Waals surface area contributed by atoms with Crippen LogP contribution in [0.1, 0.15) is 27.7 Å². The number of aromatic nitrogens is 2. The fourth-order valence-corrected chi connectivity index (χ4v) is 1.69. The number of nitrogens with two attached hydrogens (primary N) is 1. The highest BCUT2D eigenvalue weighted by atomic mass is 15.1. The molecule has 0 saturated heterocycles. The van der Waals surface area contributed by atoms with E-state index in [1.807, 2.05) is 12.1 Å². The average Bonchev–Trinajstić information content (AvgIpc) is 2.72. The molecule has 1 heterocycles. The number of benzene rings is 1. The number of anilines is 2. The highest BCUT2D eigenvalue weighted by molar-refractivity contribution is 5.88. The van der Waals surface area contributed by atoms with Crippen molar-refractivity contribution in [3.63, 3.8) is 0 Å². The Balaban J connectivity index is 2.19. The van der Waals surface area contributed by atoms with E-state index in [2.05, 4.69) is 43.2 Å². The van der Waals surface area contributed by atoms with Gasteiger partial charge in [-0.1, -0.05) is 27.7 Å². The molecule has 0 fully saturated rings. The molecule has 0 aliphatic rings. The Hall–Kier alpha value is -1.71. The molecule has 0 saturated carbocycles. The van der Waals surface area contributed by atoms with E-state index in [9.17, 15) is 0 Å². The van der Waals surface area contributed by atoms with E-state index in [4.69, 9.17) is 5.73 Å². The van der Waals surface area contributed by atoms with Crippen LogP contribution in [0, 0.1) is 11.3 Å². The van der Waals surface area contributed by atoms with Gasteiger partial charge in [0.05, 0.1) is 23.1 Å². The summed E-state index contributed by atoms with van der Waals surface area (Å²) in [5.74, 6) is 0.613. The van der Waals surface area contributed by atoms with Crippen LogP contribution in [0.15, 0.2) is 18.3 Å². The average molecular weight is 246 g/mol. The van der Waals surface area contributed by atoms with Gasteiger partial charge in [0.15, 0.2) is 0 Å². The van der Waals surface area contributed by atoms with Crippen molar-refractivity contribution in [1.29, 1.82) is 0 Å². The summed E-state index contributed by atoms with van der Waals surface area (Å²) in [7, 11) is 0. The Morgan fingerprint density at radius 2 is 2.11 bits per heavy atom. The monoisotopic (exact) mass is 246 g/mol. The fraction of sp³-hybridized carbons (Fsp3) is 0.500. The van der Waals surface area contributed by atoms with Crippen LogP contribution in [0.4, 0.5) is 11.4 Å². The van der Waals surface area contributed by atoms with E-state index in [1.54, 1.807) is 6.20 Å². The molecule has 0 bridgehead atoms. The zero-order valence-corrected chi connectivity index (χ0v) is 11.5. The first-order valence-electron chi connectivity index (χ1n) is 6.36. The number of nitrogens with zero attached hydrogens (tertiary/aromatic N) is 1. The lowest BCUT2D eigenvalue weighted by atomic mass is 9.81. The van der Waals surface area contributed by atoms with Crippen LogP contribution in [0.3, 0.4) is 0 Å². The van der Waals surface area contributed by atoms with Crippen molar-refractivity contribution in [2.45, 2.75) is 27.7 Å². The molecule has 0 amide bonds. The Morgan fingerprint density at radius 1 is 1.39 bits per heavy atom. The summed E-state index contributed by atoms with van der Waals surface area (Å²) in [5.41, 5.74) is 9.03. The van der Waals surface area contributed by atoms with Crippen LogP contribution >= 0.6 is 0 Å². The van der Waals surface area contributed by atoms with Crippen molar-refractivity contribution in [3.8, 4) is 0 Å². The normalized spacial score (nSPS) is 12.3. The van der Waals surface area contributed by atoms with Gasteiger partial charge in [-0.15, -0.1) is 0 Å². The van der Waals surface area contributed by atoms with E-state index in [-0.39, 0.29) is 5.41 Å². The zero-order valence-electron chi connectivity index (χ0n) is 11.5. The molecule has 0 aliphatic heterocycles. The predicted molar refractivity (Wildman–Crippen MR) is 77.6 cm³/mol. The lowest BCUT2D eigenvalue weighted by Gasteiger charge is -2.30. The molecule has 0 radical (unpaired) electrons. The summed E-state index contributed by atoms with van der Waals surface area (Å²) >= 11 is 0. The standard InChI is InChI=1S/C14H22N4/c1-9(2)14(3,4)8-16-13-6-12-10(5-11(13)15)7-17-18-12/h5-7,9,16H,8,15H2,1-4H3,(H,17,18). The molecule has 4 nitrogen and oxygen atoms in total. The summed E-state index contributed by atoms with van der Waals surface area (Å²) in [6, 6.07) is 3.97. The number of rotatable bonds is 4. The third-order valence-corrected chi connectivity index (χ3v) is 3.91. The lowest BCUT2D eigenvalue weighted by molar-refractivity contribution is 0.270. The maximum Gasteiger partial charge on any atom is 0.0672 e. The third-order valence-electron chi connectivity index (χ3n) is 3.91. The highest BCUT2D eigenvalue weighted by Gasteiger charge is 2.22. The van der Waals surface area contributed by atoms with E-state index < -0.39 is 0 Å². The maximum absolute atomic E-state index is 6.05. The van der Waals surface area contributed by atoms with E-state index in [0.29, 0.717) is 5.92 Å². The van der Waals surface area contributed by atoms with Crippen molar-refractivity contribution >= 4 is 22.3 Å². The minimum atomic E-state index is 0.232. The summed E-state index contributed by atoms with van der Waals surface area (Å²) in [5, 5.41) is 11.5. The number of aromatic amines is 1. The molecular weight excluding hydrogens is 224 g/mol. The van der Waals surface area contributed by atoms with Gasteiger partial charge in [-0.2, -0.15) is 5.10 Å². The molecular formula is C14H22N4. The Kier molecular flexibility index (Phi) is 3.20. The molecule has 0 aliphatic carbocycles. The summed E-state index contributed by atoms with van der Waals surface area (Å²) in [4.78, 5) is 0. The highest BCUT2D eigenvalue weighted by Crippen LogP contribution is 2.29. The SMILES string of the molecule is CC(C)C(C)(C)CNc1cc2[nH]ncc2cc1N. The second-order valence-corrected chi connectivity index (χ2v) is 5.89. The van der Waals surface area contributed by atoms with Crippen LogP contribution in [0.25, 0.3) is 10.9 Å². The van der Waals surface area contributed by atoms with Crippen LogP contribution in [0.5, 0.6) is 0 Å². The second-order valence-electron chi connectivity index (χ2n) is 5.89. The molecule has 0 spiro atoms. The largest absolute Gasteiger partial charge is 0.397 e. The van der Waals surface area contributed by atoms with Crippen molar-refractivity contribution in [1.82, 2.24) is 10.2 Å². The molecule has 2 rings (SSSR count). The van der Waals surface area contributed by atoms with Gasteiger partial charge in [0.25, 0.3) is 0 Å². The number of hydrogen-bond donors (Lipinski definition) is 3. The van der Waals surface area contributed by atoms with Crippen LogP contribution in [-0.2, 0) is 0 Å². The summed E-state index contributed by atoms with van der Waals surface area (Å²) in [6.07, 6.45) is 1.79. The van der Waals surface area contributed by atoms with Crippen LogP contribution in [-0.4, -0.2) is 16.7 Å². The fourth-order valence-electron chi connectivity index (χ4n) is 1.69. The lowest BCUT2D eigenvalue weighted by Crippen LogP contribution is -2.28. The van der Waals surface area contributed by atoms with Gasteiger partial charge >= 0.3 is 0 Å². The first-order valence-corrected chi connectivity index (χ1v) is 6.36. The summed E-state index contributed by atoms with van der Waals surface area (Å²) in [6.45, 7) is 9.89. The minimum absolute atomic E-state index is 0.232. The second kappa shape index (κ2) is 4.52. The van der Waals surface area contributed by atoms with Gasteiger partial charge in [0, 0.05) is 11.9 Å². The van der Waals surface area contributed by atoms with Crippen molar-refractivity contribution in [3.05, 3.63) is 18.3 Å². The number of fused-ring (bicyclic) bond motifs is 1. The molecule has 1 aromatic carbocycles. The van der Waals surface area contributed by atoms with E-state index >= 15 is 0 Å². The van der Waals surface area contributed by atoms with Gasteiger partial charge in [-0.05, 0) is 23.5 Å². The van der Waals surface area contributed by atoms with Crippen LogP contribution < -0.4 is 11.1 Å². The first kappa shape index (κ1) is 12.7. The van der Waals surface area contributed by atoms with Gasteiger partial charge in [-0.25, -0.2) is 0 Å². The number of hydrogen-bond acceptors (Lipinski definition) is 3. The smallest absolute Gasteiger partial charge is 0.0672 e. The van der Waals surface area contributed by atoms with Crippen molar-refractivity contribution in [2.75, 3.05) is 17.6 Å². The molecule has 2 aromatic rings. The third kappa shape index (κ3) is 2.42. The maximum atomic E-state index is 6.05. The van der Waals surface area contributed by atoms with E-state index in [1.165, 1.54) is 0 Å². The van der Waals surface area contributed by atoms with Gasteiger partial charge in [-0.3, -0.25) is 5.10 Å². The quantitative estimate of drug-likeness (QED) is 0.725. The van der Waals surface area contributed by atoms with Gasteiger partial charge in [0.1, 0.15) is 0 Å². The topological polar surface area (TPSA) is 66.7 Å².